The van der Waals surface area contributed by atoms with Crippen LogP contribution in [0.4, 0.5) is 10.1 Å². The van der Waals surface area contributed by atoms with Crippen molar-refractivity contribution in [2.24, 2.45) is 0 Å². The highest BCUT2D eigenvalue weighted by molar-refractivity contribution is 7.99. The smallest absolute Gasteiger partial charge is 0.244 e. The summed E-state index contributed by atoms with van der Waals surface area (Å²) in [5.74, 6) is 0.160. The highest BCUT2D eigenvalue weighted by Gasteiger charge is 2.28. The quantitative estimate of drug-likeness (QED) is 0.688. The molecule has 3 rings (SSSR count). The Bertz CT molecular complexity index is 965. The van der Waals surface area contributed by atoms with E-state index < -0.39 is 10.0 Å². The fraction of sp³-hybridized carbons (Fsp3) is 0.316. The zero-order chi connectivity index (χ0) is 20.9. The van der Waals surface area contributed by atoms with Crippen LogP contribution in [0.25, 0.3) is 0 Å². The van der Waals surface area contributed by atoms with E-state index in [1.807, 2.05) is 0 Å². The Hall–Kier alpha value is -1.65. The molecule has 0 unspecified atom stereocenters. The summed E-state index contributed by atoms with van der Waals surface area (Å²) in [6.45, 7) is 1.18. The molecule has 2 aromatic carbocycles. The zero-order valence-corrected chi connectivity index (χ0v) is 17.8. The standard InChI is InChI=1S/C19H20ClFN2O4S2/c20-17-6-5-16(11-18(17)29(25,26)23-7-9-27-10-8-23)22-19(24)13-28-12-14-1-3-15(21)4-2-14/h1-6,11H,7-10,12-13H2,(H,22,24). The summed E-state index contributed by atoms with van der Waals surface area (Å²) in [4.78, 5) is 12.2. The molecule has 1 saturated heterocycles. The first kappa shape index (κ1) is 22.0. The molecule has 1 N–H and O–H groups in total. The molecule has 29 heavy (non-hydrogen) atoms. The summed E-state index contributed by atoms with van der Waals surface area (Å²) in [6.07, 6.45) is 0. The first-order valence-electron chi connectivity index (χ1n) is 8.86. The van der Waals surface area contributed by atoms with Gasteiger partial charge in [0.15, 0.2) is 0 Å². The molecule has 0 saturated carbocycles. The van der Waals surface area contributed by atoms with E-state index in [0.29, 0.717) is 24.7 Å². The van der Waals surface area contributed by atoms with Crippen molar-refractivity contribution in [2.45, 2.75) is 10.6 Å². The number of thioether (sulfide) groups is 1. The minimum atomic E-state index is -3.77. The third kappa shape index (κ3) is 5.93. The van der Waals surface area contributed by atoms with Gasteiger partial charge in [-0.1, -0.05) is 23.7 Å². The normalized spacial score (nSPS) is 15.2. The van der Waals surface area contributed by atoms with Gasteiger partial charge in [-0.2, -0.15) is 4.31 Å². The average Bonchev–Trinajstić information content (AvgIpc) is 2.71. The maximum atomic E-state index is 12.9. The second-order valence-corrected chi connectivity index (χ2v) is 9.63. The zero-order valence-electron chi connectivity index (χ0n) is 15.4. The maximum Gasteiger partial charge on any atom is 0.244 e. The molecule has 0 aromatic heterocycles. The number of amides is 1. The molecule has 1 aliphatic rings. The summed E-state index contributed by atoms with van der Waals surface area (Å²) < 4.78 is 45.1. The summed E-state index contributed by atoms with van der Waals surface area (Å²) in [5, 5.41) is 2.79. The molecule has 0 spiro atoms. The second-order valence-electron chi connectivity index (χ2n) is 6.33. The van der Waals surface area contributed by atoms with Crippen LogP contribution < -0.4 is 5.32 Å². The van der Waals surface area contributed by atoms with Crippen LogP contribution in [0.2, 0.25) is 5.02 Å². The second kappa shape index (κ2) is 9.90. The van der Waals surface area contributed by atoms with Crippen LogP contribution in [0, 0.1) is 5.82 Å². The number of nitrogens with zero attached hydrogens (tertiary/aromatic N) is 1. The number of carbonyl (C=O) groups is 1. The van der Waals surface area contributed by atoms with Gasteiger partial charge in [0, 0.05) is 24.5 Å². The van der Waals surface area contributed by atoms with Gasteiger partial charge in [-0.3, -0.25) is 4.79 Å². The monoisotopic (exact) mass is 458 g/mol. The van der Waals surface area contributed by atoms with E-state index in [1.165, 1.54) is 40.3 Å². The van der Waals surface area contributed by atoms with Crippen LogP contribution in [-0.2, 0) is 25.3 Å². The molecule has 0 aliphatic carbocycles. The van der Waals surface area contributed by atoms with Crippen molar-refractivity contribution in [3.05, 3.63) is 58.9 Å². The lowest BCUT2D eigenvalue weighted by atomic mass is 10.2. The number of anilines is 1. The molecule has 0 atom stereocenters. The van der Waals surface area contributed by atoms with Crippen LogP contribution in [0.3, 0.4) is 0 Å². The molecule has 2 aromatic rings. The number of halogens is 2. The molecule has 0 bridgehead atoms. The summed E-state index contributed by atoms with van der Waals surface area (Å²) >= 11 is 7.49. The Morgan fingerprint density at radius 3 is 2.55 bits per heavy atom. The fourth-order valence-electron chi connectivity index (χ4n) is 2.74. The van der Waals surface area contributed by atoms with E-state index in [2.05, 4.69) is 5.32 Å². The van der Waals surface area contributed by atoms with E-state index in [1.54, 1.807) is 18.2 Å². The number of morpholine rings is 1. The highest BCUT2D eigenvalue weighted by Crippen LogP contribution is 2.28. The van der Waals surface area contributed by atoms with Crippen molar-refractivity contribution in [1.29, 1.82) is 0 Å². The van der Waals surface area contributed by atoms with Gasteiger partial charge in [0.2, 0.25) is 15.9 Å². The first-order valence-corrected chi connectivity index (χ1v) is 11.8. The van der Waals surface area contributed by atoms with Crippen molar-refractivity contribution in [3.63, 3.8) is 0 Å². The molecule has 1 fully saturated rings. The highest BCUT2D eigenvalue weighted by atomic mass is 35.5. The number of benzene rings is 2. The van der Waals surface area contributed by atoms with Crippen LogP contribution in [-0.4, -0.2) is 50.7 Å². The lowest BCUT2D eigenvalue weighted by Gasteiger charge is -2.26. The molecule has 10 heteroatoms. The van der Waals surface area contributed by atoms with Gasteiger partial charge < -0.3 is 10.1 Å². The number of rotatable bonds is 7. The Balaban J connectivity index is 1.61. The van der Waals surface area contributed by atoms with Crippen LogP contribution >= 0.6 is 23.4 Å². The number of nitrogens with one attached hydrogen (secondary N) is 1. The van der Waals surface area contributed by atoms with E-state index in [9.17, 15) is 17.6 Å². The van der Waals surface area contributed by atoms with Crippen molar-refractivity contribution in [3.8, 4) is 0 Å². The fourth-order valence-corrected chi connectivity index (χ4v) is 5.44. The van der Waals surface area contributed by atoms with Crippen molar-refractivity contribution < 1.29 is 22.3 Å². The minimum absolute atomic E-state index is 0.0437. The number of ether oxygens (including phenoxy) is 1. The molecule has 6 nitrogen and oxygen atoms in total. The van der Waals surface area contributed by atoms with Gasteiger partial charge in [0.05, 0.1) is 24.0 Å². The van der Waals surface area contributed by atoms with E-state index >= 15 is 0 Å². The van der Waals surface area contributed by atoms with Crippen molar-refractivity contribution >= 4 is 45.0 Å². The van der Waals surface area contributed by atoms with Crippen LogP contribution in [0.1, 0.15) is 5.56 Å². The number of hydrogen-bond donors (Lipinski definition) is 1. The SMILES string of the molecule is O=C(CSCc1ccc(F)cc1)Nc1ccc(Cl)c(S(=O)(=O)N2CCOCC2)c1. The minimum Gasteiger partial charge on any atom is -0.379 e. The summed E-state index contributed by atoms with van der Waals surface area (Å²) in [7, 11) is -3.77. The lowest BCUT2D eigenvalue weighted by Crippen LogP contribution is -2.40. The van der Waals surface area contributed by atoms with Crippen LogP contribution in [0.15, 0.2) is 47.4 Å². The van der Waals surface area contributed by atoms with E-state index in [4.69, 9.17) is 16.3 Å². The van der Waals surface area contributed by atoms with Gasteiger partial charge in [-0.15, -0.1) is 11.8 Å². The van der Waals surface area contributed by atoms with Crippen molar-refractivity contribution in [2.75, 3.05) is 37.4 Å². The average molecular weight is 459 g/mol. The molecule has 1 heterocycles. The number of carbonyl (C=O) groups excluding carboxylic acids is 1. The molecule has 0 radical (unpaired) electrons. The molecule has 156 valence electrons. The molecular weight excluding hydrogens is 439 g/mol. The summed E-state index contributed by atoms with van der Waals surface area (Å²) in [6, 6.07) is 10.5. The topological polar surface area (TPSA) is 75.7 Å². The third-order valence-electron chi connectivity index (χ3n) is 4.22. The van der Waals surface area contributed by atoms with Gasteiger partial charge in [-0.25, -0.2) is 12.8 Å². The Morgan fingerprint density at radius 2 is 1.86 bits per heavy atom. The Kier molecular flexibility index (Phi) is 7.53. The van der Waals surface area contributed by atoms with Crippen LogP contribution in [0.5, 0.6) is 0 Å². The third-order valence-corrected chi connectivity index (χ3v) is 7.60. The van der Waals surface area contributed by atoms with E-state index in [0.717, 1.165) is 5.56 Å². The van der Waals surface area contributed by atoms with Gasteiger partial charge in [0.1, 0.15) is 10.7 Å². The molecular formula is C19H20ClFN2O4S2. The Morgan fingerprint density at radius 1 is 1.17 bits per heavy atom. The number of sulfonamides is 1. The summed E-state index contributed by atoms with van der Waals surface area (Å²) in [5.41, 5.74) is 1.27. The maximum absolute atomic E-state index is 12.9. The predicted molar refractivity (Wildman–Crippen MR) is 112 cm³/mol. The molecule has 1 amide bonds. The largest absolute Gasteiger partial charge is 0.379 e. The molecule has 1 aliphatic heterocycles. The van der Waals surface area contributed by atoms with Gasteiger partial charge >= 0.3 is 0 Å². The lowest BCUT2D eigenvalue weighted by molar-refractivity contribution is -0.113. The van der Waals surface area contributed by atoms with E-state index in [-0.39, 0.29) is 40.5 Å². The predicted octanol–water partition coefficient (Wildman–Crippen LogP) is 3.37. The van der Waals surface area contributed by atoms with Gasteiger partial charge in [-0.05, 0) is 35.9 Å². The Labute approximate surface area is 178 Å². The van der Waals surface area contributed by atoms with Gasteiger partial charge in [0.25, 0.3) is 0 Å². The number of hydrogen-bond acceptors (Lipinski definition) is 5. The first-order chi connectivity index (χ1) is 13.9. The van der Waals surface area contributed by atoms with Crippen molar-refractivity contribution in [1.82, 2.24) is 4.31 Å².